The summed E-state index contributed by atoms with van der Waals surface area (Å²) in [7, 11) is 0. The van der Waals surface area contributed by atoms with E-state index < -0.39 is 0 Å². The van der Waals surface area contributed by atoms with Gasteiger partial charge in [-0.1, -0.05) is 7.43 Å². The molecule has 0 bridgehead atoms. The van der Waals surface area contributed by atoms with Gasteiger partial charge < -0.3 is 0 Å². The molecule has 0 aromatic carbocycles. The molecule has 0 aliphatic heterocycles. The van der Waals surface area contributed by atoms with E-state index in [0.29, 0.717) is 0 Å². The van der Waals surface area contributed by atoms with Crippen molar-refractivity contribution >= 4 is 19.4 Å². The zero-order valence-electron chi connectivity index (χ0n) is 0.762. The maximum Gasteiger partial charge on any atom is 0.0814 e. The fourth-order valence-electron chi connectivity index (χ4n) is 0. The van der Waals surface area contributed by atoms with Gasteiger partial charge in [0.1, 0.15) is 0 Å². The zero-order chi connectivity index (χ0) is 0. The summed E-state index contributed by atoms with van der Waals surface area (Å²) >= 11 is 0. The Kier molecular flexibility index (Phi) is 1140. The van der Waals surface area contributed by atoms with Crippen molar-refractivity contribution in [3.63, 3.8) is 0 Å². The third kappa shape index (κ3) is 33.3. The van der Waals surface area contributed by atoms with E-state index in [-0.39, 0.29) is 61.2 Å². The Balaban J connectivity index is 0. The largest absolute Gasteiger partial charge is 0.0814 e. The van der Waals surface area contributed by atoms with Crippen molar-refractivity contribution in [2.24, 2.45) is 0 Å². The van der Waals surface area contributed by atoms with Gasteiger partial charge in [-0.2, -0.15) is 0 Å². The van der Waals surface area contributed by atoms with Crippen molar-refractivity contribution in [1.29, 1.82) is 0 Å². The summed E-state index contributed by atoms with van der Waals surface area (Å²) in [6.07, 6.45) is 0. The second kappa shape index (κ2) is 56.3. The first-order valence-electron chi connectivity index (χ1n) is 0. The van der Waals surface area contributed by atoms with Gasteiger partial charge in [-0.3, -0.25) is 0 Å². The smallest absolute Gasteiger partial charge is 0.0776 e. The monoisotopic (exact) mass is 170 g/mol. The molecular formula is CH11BCrFeSi. The maximum atomic E-state index is 0. The Bertz CT molecular complexity index is 11.6. The summed E-state index contributed by atoms with van der Waals surface area (Å²) in [4.78, 5) is 0. The van der Waals surface area contributed by atoms with Crippen molar-refractivity contribution in [2.45, 2.75) is 7.43 Å². The molecule has 36 valence electrons. The number of rotatable bonds is 0. The molecule has 0 aliphatic rings. The van der Waals surface area contributed by atoms with Gasteiger partial charge in [-0.25, -0.2) is 0 Å². The van der Waals surface area contributed by atoms with Gasteiger partial charge >= 0.3 is 0 Å². The second-order valence-electron chi connectivity index (χ2n) is 0. The van der Waals surface area contributed by atoms with Gasteiger partial charge in [0.05, 0.1) is 8.41 Å². The molecule has 0 aromatic rings. The van der Waals surface area contributed by atoms with E-state index in [4.69, 9.17) is 0 Å². The van der Waals surface area contributed by atoms with Gasteiger partial charge in [-0.05, 0) is 11.0 Å². The fourth-order valence-corrected chi connectivity index (χ4v) is 0. The Morgan fingerprint density at radius 1 is 1.00 bits per heavy atom. The summed E-state index contributed by atoms with van der Waals surface area (Å²) in [5.74, 6) is 0. The molecule has 0 aromatic heterocycles. The molecule has 0 heterocycles. The summed E-state index contributed by atoms with van der Waals surface area (Å²) in [5, 5.41) is 0. The normalized spacial score (nSPS) is 0. The molecule has 0 saturated carbocycles. The number of hydrogen-bond donors (Lipinski definition) is 0. The fraction of sp³-hybridized carbons (Fsp3) is 1.00. The quantitative estimate of drug-likeness (QED) is 0.368. The molecule has 0 nitrogen and oxygen atoms in total. The van der Waals surface area contributed by atoms with E-state index in [9.17, 15) is 0 Å². The van der Waals surface area contributed by atoms with E-state index in [1.165, 1.54) is 0 Å². The molecule has 0 radical (unpaired) electrons. The third-order valence-corrected chi connectivity index (χ3v) is 0. The molecule has 0 atom stereocenters. The van der Waals surface area contributed by atoms with Crippen molar-refractivity contribution in [3.05, 3.63) is 0 Å². The molecule has 0 amide bonds. The molecule has 0 spiro atoms. The summed E-state index contributed by atoms with van der Waals surface area (Å²) in [5.41, 5.74) is 0. The van der Waals surface area contributed by atoms with Gasteiger partial charge in [0, 0.05) is 34.4 Å². The first kappa shape index (κ1) is 101. The van der Waals surface area contributed by atoms with Crippen LogP contribution in [0.3, 0.4) is 0 Å². The van der Waals surface area contributed by atoms with Crippen molar-refractivity contribution in [1.82, 2.24) is 0 Å². The molecule has 0 fully saturated rings. The predicted octanol–water partition coefficient (Wildman–Crippen LogP) is -2.00. The average Bonchev–Trinajstić information content (AvgIpc) is 0. The first-order chi connectivity index (χ1) is 0. The van der Waals surface area contributed by atoms with Gasteiger partial charge in [-0.15, -0.1) is 0 Å². The molecule has 0 saturated heterocycles. The van der Waals surface area contributed by atoms with Crippen LogP contribution in [0.2, 0.25) is 0 Å². The van der Waals surface area contributed by atoms with Crippen LogP contribution >= 0.6 is 0 Å². The van der Waals surface area contributed by atoms with Crippen molar-refractivity contribution < 1.29 is 34.4 Å². The second-order valence-corrected chi connectivity index (χ2v) is 0. The SMILES string of the molecule is B.C.[Cr].[Fe].[SiH4]. The van der Waals surface area contributed by atoms with Crippen LogP contribution in [0.25, 0.3) is 0 Å². The molecule has 0 N–H and O–H groups in total. The van der Waals surface area contributed by atoms with E-state index in [2.05, 4.69) is 0 Å². The Morgan fingerprint density at radius 2 is 1.00 bits per heavy atom. The van der Waals surface area contributed by atoms with Gasteiger partial charge in [0.2, 0.25) is 0 Å². The van der Waals surface area contributed by atoms with E-state index in [0.717, 1.165) is 0 Å². The van der Waals surface area contributed by atoms with Crippen LogP contribution in [0.4, 0.5) is 0 Å². The van der Waals surface area contributed by atoms with Gasteiger partial charge in [0.15, 0.2) is 0 Å². The zero-order valence-corrected chi connectivity index (χ0v) is 3.14. The van der Waals surface area contributed by atoms with Crippen LogP contribution in [0.5, 0.6) is 0 Å². The standard InChI is InChI=1S/CH4.BH3.Cr.Fe.H4Si/h1H4;1H3;;;1H4. The minimum atomic E-state index is 0. The Morgan fingerprint density at radius 3 is 1.00 bits per heavy atom. The van der Waals surface area contributed by atoms with Crippen LogP contribution in [0, 0.1) is 0 Å². The van der Waals surface area contributed by atoms with Crippen molar-refractivity contribution in [3.8, 4) is 0 Å². The van der Waals surface area contributed by atoms with Crippen LogP contribution < -0.4 is 0 Å². The van der Waals surface area contributed by atoms with Crippen LogP contribution in [-0.2, 0) is 34.4 Å². The molecule has 5 heavy (non-hydrogen) atoms. The summed E-state index contributed by atoms with van der Waals surface area (Å²) in [6.45, 7) is 0. The molecule has 4 heteroatoms. The molecule has 0 aliphatic carbocycles. The average molecular weight is 170 g/mol. The van der Waals surface area contributed by atoms with Crippen LogP contribution in [0.15, 0.2) is 0 Å². The summed E-state index contributed by atoms with van der Waals surface area (Å²) < 4.78 is 0. The minimum absolute atomic E-state index is 0. The number of hydrogen-bond acceptors (Lipinski definition) is 0. The maximum absolute atomic E-state index is 0. The van der Waals surface area contributed by atoms with E-state index >= 15 is 0 Å². The first-order valence-corrected chi connectivity index (χ1v) is 0. The topological polar surface area (TPSA) is 0 Å². The van der Waals surface area contributed by atoms with E-state index in [1.54, 1.807) is 0 Å². The Labute approximate surface area is 61.3 Å². The summed E-state index contributed by atoms with van der Waals surface area (Å²) in [6, 6.07) is 0. The van der Waals surface area contributed by atoms with Gasteiger partial charge in [0.25, 0.3) is 0 Å². The third-order valence-electron chi connectivity index (χ3n) is 0. The van der Waals surface area contributed by atoms with E-state index in [1.807, 2.05) is 0 Å². The van der Waals surface area contributed by atoms with Crippen molar-refractivity contribution in [2.75, 3.05) is 0 Å². The molecular weight excluding hydrogens is 159 g/mol. The predicted molar refractivity (Wildman–Crippen MR) is 28.0 cm³/mol. The minimum Gasteiger partial charge on any atom is -0.0776 e. The Hall–Kier alpha value is 1.33. The molecule has 0 rings (SSSR count). The molecule has 0 unspecified atom stereocenters. The van der Waals surface area contributed by atoms with Crippen LogP contribution in [0.1, 0.15) is 7.43 Å². The van der Waals surface area contributed by atoms with Crippen LogP contribution in [-0.4, -0.2) is 19.4 Å².